The molecule has 2 N–H and O–H groups in total. The molecule has 0 unspecified atom stereocenters. The average molecular weight is 334 g/mol. The first-order valence-corrected chi connectivity index (χ1v) is 8.61. The molecule has 0 aliphatic heterocycles. The number of fused-ring (bicyclic) bond motifs is 1. The van der Waals surface area contributed by atoms with E-state index in [1.807, 2.05) is 54.6 Å². The van der Waals surface area contributed by atoms with Crippen LogP contribution in [0, 0.1) is 0 Å². The number of hydrogen-bond acceptors (Lipinski definition) is 3. The number of aromatic hydroxyl groups is 1. The summed E-state index contributed by atoms with van der Waals surface area (Å²) in [6.07, 6.45) is 3.95. The lowest BCUT2D eigenvalue weighted by molar-refractivity contribution is -0.121. The number of nitrogens with zero attached hydrogens (tertiary/aromatic N) is 1. The van der Waals surface area contributed by atoms with Crippen molar-refractivity contribution in [2.45, 2.75) is 32.2 Å². The third kappa shape index (κ3) is 3.79. The molecule has 0 saturated carbocycles. The van der Waals surface area contributed by atoms with Crippen LogP contribution < -0.4 is 5.32 Å². The molecule has 4 heteroatoms. The summed E-state index contributed by atoms with van der Waals surface area (Å²) >= 11 is 0. The van der Waals surface area contributed by atoms with Gasteiger partial charge in [0.25, 0.3) is 0 Å². The van der Waals surface area contributed by atoms with E-state index < -0.39 is 6.04 Å². The quantitative estimate of drug-likeness (QED) is 0.705. The van der Waals surface area contributed by atoms with Crippen LogP contribution in [0.4, 0.5) is 0 Å². The summed E-state index contributed by atoms with van der Waals surface area (Å²) in [5, 5.41) is 14.7. The van der Waals surface area contributed by atoms with Crippen molar-refractivity contribution < 1.29 is 9.90 Å². The van der Waals surface area contributed by atoms with Gasteiger partial charge in [-0.05, 0) is 18.1 Å². The average Bonchev–Trinajstić information content (AvgIpc) is 2.66. The second-order valence-corrected chi connectivity index (χ2v) is 6.09. The van der Waals surface area contributed by atoms with Gasteiger partial charge < -0.3 is 10.4 Å². The first-order chi connectivity index (χ1) is 12.2. The maximum Gasteiger partial charge on any atom is 0.220 e. The number of rotatable bonds is 6. The highest BCUT2D eigenvalue weighted by molar-refractivity contribution is 5.86. The zero-order valence-corrected chi connectivity index (χ0v) is 14.3. The first-order valence-electron chi connectivity index (χ1n) is 8.61. The van der Waals surface area contributed by atoms with Crippen molar-refractivity contribution in [2.75, 3.05) is 0 Å². The standard InChI is InChI=1S/C21H22N2O2/c1-2-3-11-18(24)23-19(15-8-5-4-6-9-15)17-13-12-16-10-7-14-22-20(16)21(17)25/h4-10,12-14,19,25H,2-3,11H2,1H3,(H,23,24)/t19-/m1/s1. The van der Waals surface area contributed by atoms with Gasteiger partial charge >= 0.3 is 0 Å². The highest BCUT2D eigenvalue weighted by Gasteiger charge is 2.21. The molecule has 1 heterocycles. The Balaban J connectivity index is 2.02. The lowest BCUT2D eigenvalue weighted by Gasteiger charge is -2.21. The minimum Gasteiger partial charge on any atom is -0.505 e. The number of phenols is 1. The predicted molar refractivity (Wildman–Crippen MR) is 99.4 cm³/mol. The van der Waals surface area contributed by atoms with Crippen molar-refractivity contribution in [1.82, 2.24) is 10.3 Å². The van der Waals surface area contributed by atoms with Crippen LogP contribution in [-0.2, 0) is 4.79 Å². The topological polar surface area (TPSA) is 62.2 Å². The normalized spacial score (nSPS) is 12.0. The van der Waals surface area contributed by atoms with Gasteiger partial charge in [-0.2, -0.15) is 0 Å². The maximum atomic E-state index is 12.3. The molecule has 1 amide bonds. The Kier molecular flexibility index (Phi) is 5.29. The van der Waals surface area contributed by atoms with E-state index in [1.165, 1.54) is 0 Å². The minimum absolute atomic E-state index is 0.0174. The van der Waals surface area contributed by atoms with Gasteiger partial charge in [-0.3, -0.25) is 9.78 Å². The molecule has 0 saturated heterocycles. The summed E-state index contributed by atoms with van der Waals surface area (Å²) in [5.74, 6) is 0.0963. The van der Waals surface area contributed by atoms with E-state index in [0.29, 0.717) is 17.5 Å². The van der Waals surface area contributed by atoms with E-state index in [2.05, 4.69) is 17.2 Å². The number of phenolic OH excluding ortho intramolecular Hbond substituents is 1. The zero-order chi connectivity index (χ0) is 17.6. The molecular formula is C21H22N2O2. The van der Waals surface area contributed by atoms with Gasteiger partial charge in [0.05, 0.1) is 6.04 Å². The van der Waals surface area contributed by atoms with Gasteiger partial charge in [0.2, 0.25) is 5.91 Å². The first kappa shape index (κ1) is 17.0. The molecular weight excluding hydrogens is 312 g/mol. The second kappa shape index (κ2) is 7.79. The van der Waals surface area contributed by atoms with E-state index in [4.69, 9.17) is 0 Å². The third-order valence-electron chi connectivity index (χ3n) is 4.29. The van der Waals surface area contributed by atoms with E-state index in [0.717, 1.165) is 23.8 Å². The molecule has 0 bridgehead atoms. The van der Waals surface area contributed by atoms with Crippen LogP contribution >= 0.6 is 0 Å². The fourth-order valence-corrected chi connectivity index (χ4v) is 2.93. The lowest BCUT2D eigenvalue weighted by atomic mass is 9.96. The Morgan fingerprint density at radius 3 is 2.68 bits per heavy atom. The Hall–Kier alpha value is -2.88. The molecule has 0 aliphatic carbocycles. The molecule has 128 valence electrons. The molecule has 0 spiro atoms. The fraction of sp³-hybridized carbons (Fsp3) is 0.238. The molecule has 4 nitrogen and oxygen atoms in total. The van der Waals surface area contributed by atoms with Crippen molar-refractivity contribution >= 4 is 16.8 Å². The van der Waals surface area contributed by atoms with Crippen molar-refractivity contribution in [1.29, 1.82) is 0 Å². The molecule has 1 aromatic heterocycles. The number of unbranched alkanes of at least 4 members (excludes halogenated alkanes) is 1. The van der Waals surface area contributed by atoms with Crippen LogP contribution in [0.1, 0.15) is 43.4 Å². The number of pyridine rings is 1. The number of nitrogens with one attached hydrogen (secondary N) is 1. The van der Waals surface area contributed by atoms with Gasteiger partial charge in [-0.15, -0.1) is 0 Å². The summed E-state index contributed by atoms with van der Waals surface area (Å²) in [7, 11) is 0. The Morgan fingerprint density at radius 2 is 1.92 bits per heavy atom. The fourth-order valence-electron chi connectivity index (χ4n) is 2.93. The van der Waals surface area contributed by atoms with Crippen LogP contribution in [0.25, 0.3) is 10.9 Å². The summed E-state index contributed by atoms with van der Waals surface area (Å²) in [6, 6.07) is 16.8. The number of amides is 1. The Bertz CT molecular complexity index is 862. The van der Waals surface area contributed by atoms with Crippen molar-refractivity contribution in [3.63, 3.8) is 0 Å². The SMILES string of the molecule is CCCCC(=O)N[C@H](c1ccccc1)c1ccc2cccnc2c1O. The van der Waals surface area contributed by atoms with Gasteiger partial charge in [0.15, 0.2) is 0 Å². The summed E-state index contributed by atoms with van der Waals surface area (Å²) in [6.45, 7) is 2.06. The molecule has 0 radical (unpaired) electrons. The number of carbonyl (C=O) groups is 1. The van der Waals surface area contributed by atoms with Crippen LogP contribution in [0.15, 0.2) is 60.8 Å². The van der Waals surface area contributed by atoms with E-state index >= 15 is 0 Å². The van der Waals surface area contributed by atoms with Crippen LogP contribution in [-0.4, -0.2) is 16.0 Å². The zero-order valence-electron chi connectivity index (χ0n) is 14.3. The summed E-state index contributed by atoms with van der Waals surface area (Å²) < 4.78 is 0. The van der Waals surface area contributed by atoms with E-state index in [9.17, 15) is 9.90 Å². The number of carbonyl (C=O) groups excluding carboxylic acids is 1. The molecule has 3 aromatic rings. The number of benzene rings is 2. The minimum atomic E-state index is -0.406. The molecule has 2 aromatic carbocycles. The largest absolute Gasteiger partial charge is 0.505 e. The van der Waals surface area contributed by atoms with E-state index in [-0.39, 0.29) is 11.7 Å². The smallest absolute Gasteiger partial charge is 0.220 e. The molecule has 0 aliphatic rings. The van der Waals surface area contributed by atoms with E-state index in [1.54, 1.807) is 6.20 Å². The van der Waals surface area contributed by atoms with Crippen LogP contribution in [0.3, 0.4) is 0 Å². The van der Waals surface area contributed by atoms with Crippen molar-refractivity contribution in [2.24, 2.45) is 0 Å². The second-order valence-electron chi connectivity index (χ2n) is 6.09. The highest BCUT2D eigenvalue weighted by atomic mass is 16.3. The Morgan fingerprint density at radius 1 is 1.12 bits per heavy atom. The predicted octanol–water partition coefficient (Wildman–Crippen LogP) is 4.34. The lowest BCUT2D eigenvalue weighted by Crippen LogP contribution is -2.29. The molecule has 3 rings (SSSR count). The number of hydrogen-bond donors (Lipinski definition) is 2. The van der Waals surface area contributed by atoms with Gasteiger partial charge in [0.1, 0.15) is 11.3 Å². The number of aromatic nitrogens is 1. The third-order valence-corrected chi connectivity index (χ3v) is 4.29. The Labute approximate surface area is 147 Å². The summed E-state index contributed by atoms with van der Waals surface area (Å²) in [5.41, 5.74) is 2.13. The van der Waals surface area contributed by atoms with Gasteiger partial charge in [-0.1, -0.05) is 61.9 Å². The van der Waals surface area contributed by atoms with Crippen LogP contribution in [0.2, 0.25) is 0 Å². The van der Waals surface area contributed by atoms with Gasteiger partial charge in [-0.25, -0.2) is 0 Å². The van der Waals surface area contributed by atoms with Crippen molar-refractivity contribution in [3.05, 3.63) is 71.9 Å². The van der Waals surface area contributed by atoms with Crippen molar-refractivity contribution in [3.8, 4) is 5.75 Å². The maximum absolute atomic E-state index is 12.3. The molecule has 1 atom stereocenters. The highest BCUT2D eigenvalue weighted by Crippen LogP contribution is 2.34. The van der Waals surface area contributed by atoms with Gasteiger partial charge in [0, 0.05) is 23.6 Å². The monoisotopic (exact) mass is 334 g/mol. The summed E-state index contributed by atoms with van der Waals surface area (Å²) in [4.78, 5) is 16.6. The molecule has 25 heavy (non-hydrogen) atoms. The molecule has 0 fully saturated rings. The van der Waals surface area contributed by atoms with Crippen LogP contribution in [0.5, 0.6) is 5.75 Å².